The number of H-pyrrole nitrogens is 1. The molecule has 0 radical (unpaired) electrons. The van der Waals surface area contributed by atoms with E-state index in [0.29, 0.717) is 0 Å². The smallest absolute Gasteiger partial charge is 0.258 e. The molecule has 1 aromatic rings. The highest BCUT2D eigenvalue weighted by Gasteiger charge is 2.43. The SMILES string of the molecule is Nc1nc2c(c(=O)[nH]1)CC(=O)N2[C@H]1CC(O)[C@@H](CO)O1. The van der Waals surface area contributed by atoms with Gasteiger partial charge in [0.05, 0.1) is 24.7 Å². The van der Waals surface area contributed by atoms with Crippen LogP contribution in [0.4, 0.5) is 11.8 Å². The van der Waals surface area contributed by atoms with E-state index in [9.17, 15) is 14.7 Å². The predicted octanol–water partition coefficient (Wildman–Crippen LogP) is -2.29. The Morgan fingerprint density at radius 2 is 2.25 bits per heavy atom. The fourth-order valence-electron chi connectivity index (χ4n) is 2.55. The molecule has 20 heavy (non-hydrogen) atoms. The molecule has 1 aromatic heterocycles. The minimum absolute atomic E-state index is 0.0856. The maximum absolute atomic E-state index is 12.1. The van der Waals surface area contributed by atoms with Crippen LogP contribution in [0.3, 0.4) is 0 Å². The van der Waals surface area contributed by atoms with E-state index in [4.69, 9.17) is 15.6 Å². The maximum atomic E-state index is 12.1. The molecule has 2 aliphatic heterocycles. The van der Waals surface area contributed by atoms with Crippen molar-refractivity contribution >= 4 is 17.7 Å². The Morgan fingerprint density at radius 3 is 2.90 bits per heavy atom. The molecule has 3 heterocycles. The van der Waals surface area contributed by atoms with Gasteiger partial charge in [-0.2, -0.15) is 4.98 Å². The number of aliphatic hydroxyl groups excluding tert-OH is 2. The average molecular weight is 282 g/mol. The lowest BCUT2D eigenvalue weighted by atomic mass is 10.2. The topological polar surface area (TPSA) is 142 Å². The number of aromatic nitrogens is 2. The van der Waals surface area contributed by atoms with Gasteiger partial charge in [-0.05, 0) is 0 Å². The molecule has 3 rings (SSSR count). The number of rotatable bonds is 2. The van der Waals surface area contributed by atoms with Crippen molar-refractivity contribution in [1.29, 1.82) is 0 Å². The van der Waals surface area contributed by atoms with Gasteiger partial charge in [-0.15, -0.1) is 0 Å². The number of anilines is 2. The number of aromatic amines is 1. The fourth-order valence-corrected chi connectivity index (χ4v) is 2.55. The van der Waals surface area contributed by atoms with Gasteiger partial charge in [0.25, 0.3) is 5.56 Å². The number of aliphatic hydroxyl groups is 2. The summed E-state index contributed by atoms with van der Waals surface area (Å²) in [5, 5.41) is 18.8. The first kappa shape index (κ1) is 13.0. The number of nitrogens with one attached hydrogen (secondary N) is 1. The van der Waals surface area contributed by atoms with Crippen molar-refractivity contribution < 1.29 is 19.7 Å². The van der Waals surface area contributed by atoms with Gasteiger partial charge in [-0.25, -0.2) is 0 Å². The number of carbonyl (C=O) groups is 1. The Morgan fingerprint density at radius 1 is 1.50 bits per heavy atom. The standard InChI is InChI=1S/C11H14N4O5/c12-11-13-9-4(10(19)14-11)1-7(18)15(9)8-2-5(17)6(3-16)20-8/h5-6,8,16-17H,1-3H2,(H3,12,13,14,19)/t5?,6-,8-/m1/s1. The summed E-state index contributed by atoms with van der Waals surface area (Å²) in [7, 11) is 0. The van der Waals surface area contributed by atoms with E-state index in [0.717, 1.165) is 0 Å². The van der Waals surface area contributed by atoms with Crippen LogP contribution in [0.2, 0.25) is 0 Å². The molecule has 9 heteroatoms. The molecule has 3 atom stereocenters. The summed E-state index contributed by atoms with van der Waals surface area (Å²) in [5.74, 6) is -0.280. The lowest BCUT2D eigenvalue weighted by Crippen LogP contribution is -2.38. The second kappa shape index (κ2) is 4.54. The molecule has 1 saturated heterocycles. The van der Waals surface area contributed by atoms with Gasteiger partial charge in [0.1, 0.15) is 12.3 Å². The van der Waals surface area contributed by atoms with Crippen LogP contribution in [-0.2, 0) is 16.0 Å². The van der Waals surface area contributed by atoms with Crippen molar-refractivity contribution in [2.24, 2.45) is 0 Å². The van der Waals surface area contributed by atoms with E-state index >= 15 is 0 Å². The fraction of sp³-hybridized carbons (Fsp3) is 0.545. The van der Waals surface area contributed by atoms with E-state index < -0.39 is 24.0 Å². The Hall–Kier alpha value is -1.97. The molecule has 9 nitrogen and oxygen atoms in total. The van der Waals surface area contributed by atoms with Crippen molar-refractivity contribution in [3.8, 4) is 0 Å². The molecule has 2 aliphatic rings. The largest absolute Gasteiger partial charge is 0.394 e. The first-order valence-corrected chi connectivity index (χ1v) is 6.16. The van der Waals surface area contributed by atoms with Gasteiger partial charge in [0.15, 0.2) is 5.82 Å². The van der Waals surface area contributed by atoms with Gasteiger partial charge in [-0.3, -0.25) is 19.5 Å². The molecule has 1 amide bonds. The molecule has 0 bridgehead atoms. The van der Waals surface area contributed by atoms with E-state index in [2.05, 4.69) is 9.97 Å². The van der Waals surface area contributed by atoms with Crippen LogP contribution in [-0.4, -0.2) is 51.1 Å². The zero-order valence-corrected chi connectivity index (χ0v) is 10.4. The minimum Gasteiger partial charge on any atom is -0.394 e. The molecule has 0 saturated carbocycles. The lowest BCUT2D eigenvalue weighted by molar-refractivity contribution is -0.120. The molecule has 1 fully saturated rings. The number of nitrogens with zero attached hydrogens (tertiary/aromatic N) is 2. The summed E-state index contributed by atoms with van der Waals surface area (Å²) in [4.78, 5) is 31.3. The summed E-state index contributed by atoms with van der Waals surface area (Å²) in [5.41, 5.74) is 5.26. The van der Waals surface area contributed by atoms with E-state index in [-0.39, 0.29) is 42.7 Å². The highest BCUT2D eigenvalue weighted by atomic mass is 16.5. The van der Waals surface area contributed by atoms with Crippen LogP contribution in [0.5, 0.6) is 0 Å². The Kier molecular flexibility index (Phi) is 2.96. The number of nitrogen functional groups attached to an aromatic ring is 1. The first-order chi connectivity index (χ1) is 9.51. The zero-order chi connectivity index (χ0) is 14.4. The van der Waals surface area contributed by atoms with E-state index in [1.54, 1.807) is 0 Å². The number of fused-ring (bicyclic) bond motifs is 1. The van der Waals surface area contributed by atoms with Gasteiger partial charge < -0.3 is 20.7 Å². The van der Waals surface area contributed by atoms with Crippen molar-refractivity contribution in [2.45, 2.75) is 31.3 Å². The Bertz CT molecular complexity index is 615. The number of ether oxygens (including phenoxy) is 1. The predicted molar refractivity (Wildman–Crippen MR) is 66.8 cm³/mol. The second-order valence-electron chi connectivity index (χ2n) is 4.81. The molecular formula is C11H14N4O5. The summed E-state index contributed by atoms with van der Waals surface area (Å²) >= 11 is 0. The lowest BCUT2D eigenvalue weighted by Gasteiger charge is -2.23. The first-order valence-electron chi connectivity index (χ1n) is 6.16. The Balaban J connectivity index is 1.97. The quantitative estimate of drug-likeness (QED) is 0.478. The van der Waals surface area contributed by atoms with Crippen LogP contribution in [0.25, 0.3) is 0 Å². The van der Waals surface area contributed by atoms with Crippen LogP contribution < -0.4 is 16.2 Å². The molecule has 0 aromatic carbocycles. The Labute approximate surface area is 113 Å². The summed E-state index contributed by atoms with van der Waals surface area (Å²) in [6.07, 6.45) is -2.33. The van der Waals surface area contributed by atoms with E-state index in [1.165, 1.54) is 4.90 Å². The van der Waals surface area contributed by atoms with Crippen molar-refractivity contribution in [1.82, 2.24) is 9.97 Å². The zero-order valence-electron chi connectivity index (χ0n) is 10.4. The molecular weight excluding hydrogens is 268 g/mol. The number of carbonyl (C=O) groups excluding carboxylic acids is 1. The van der Waals surface area contributed by atoms with Gasteiger partial charge in [0.2, 0.25) is 11.9 Å². The minimum atomic E-state index is -0.874. The third-order valence-electron chi connectivity index (χ3n) is 3.51. The molecule has 1 unspecified atom stereocenters. The van der Waals surface area contributed by atoms with Crippen molar-refractivity contribution in [3.63, 3.8) is 0 Å². The highest BCUT2D eigenvalue weighted by Crippen LogP contribution is 2.32. The number of amides is 1. The third kappa shape index (κ3) is 1.87. The van der Waals surface area contributed by atoms with Gasteiger partial charge >= 0.3 is 0 Å². The molecule has 108 valence electrons. The number of nitrogens with two attached hydrogens (primary N) is 1. The van der Waals surface area contributed by atoms with Gasteiger partial charge in [0, 0.05) is 6.42 Å². The summed E-state index contributed by atoms with van der Waals surface area (Å²) < 4.78 is 5.43. The van der Waals surface area contributed by atoms with Crippen LogP contribution in [0.1, 0.15) is 12.0 Å². The molecule has 5 N–H and O–H groups in total. The molecule has 0 aliphatic carbocycles. The van der Waals surface area contributed by atoms with Crippen molar-refractivity contribution in [3.05, 3.63) is 15.9 Å². The number of hydrogen-bond acceptors (Lipinski definition) is 7. The second-order valence-corrected chi connectivity index (χ2v) is 4.81. The summed E-state index contributed by atoms with van der Waals surface area (Å²) in [6, 6.07) is 0. The average Bonchev–Trinajstić information content (AvgIpc) is 2.89. The van der Waals surface area contributed by atoms with E-state index in [1.807, 2.05) is 0 Å². The van der Waals surface area contributed by atoms with Crippen LogP contribution in [0, 0.1) is 0 Å². The normalized spacial score (nSPS) is 29.0. The third-order valence-corrected chi connectivity index (χ3v) is 3.51. The monoisotopic (exact) mass is 282 g/mol. The maximum Gasteiger partial charge on any atom is 0.258 e. The van der Waals surface area contributed by atoms with Crippen molar-refractivity contribution in [2.75, 3.05) is 17.2 Å². The molecule has 0 spiro atoms. The highest BCUT2D eigenvalue weighted by molar-refractivity contribution is 6.00. The number of hydrogen-bond donors (Lipinski definition) is 4. The summed E-state index contributed by atoms with van der Waals surface area (Å²) in [6.45, 7) is -0.350. The van der Waals surface area contributed by atoms with Crippen LogP contribution >= 0.6 is 0 Å². The van der Waals surface area contributed by atoms with Gasteiger partial charge in [-0.1, -0.05) is 0 Å². The van der Waals surface area contributed by atoms with Crippen LogP contribution in [0.15, 0.2) is 4.79 Å².